The molecule has 0 spiro atoms. The maximum absolute atomic E-state index is 14.7. The normalized spacial score (nSPS) is 21.3. The Balaban J connectivity index is 1.57. The van der Waals surface area contributed by atoms with Gasteiger partial charge in [-0.25, -0.2) is 4.98 Å². The van der Waals surface area contributed by atoms with Crippen LogP contribution in [0.3, 0.4) is 0 Å². The largest absolute Gasteiger partial charge is 0.370 e. The number of aromatic nitrogens is 3. The summed E-state index contributed by atoms with van der Waals surface area (Å²) in [5, 5.41) is 19.8. The molecule has 0 unspecified atom stereocenters. The molecule has 0 radical (unpaired) electrons. The molecule has 3 heterocycles. The summed E-state index contributed by atoms with van der Waals surface area (Å²) in [5.41, 5.74) is 19.5. The second-order valence-electron chi connectivity index (χ2n) is 18.7. The first-order chi connectivity index (χ1) is 35.9. The van der Waals surface area contributed by atoms with Crippen molar-refractivity contribution in [1.82, 2.24) is 57.1 Å². The van der Waals surface area contributed by atoms with Gasteiger partial charge in [-0.15, -0.1) is 0 Å². The highest BCUT2D eigenvalue weighted by Crippen LogP contribution is 2.20. The number of hydrogen-bond acceptors (Lipinski definition) is 11. The first kappa shape index (κ1) is 57.6. The highest BCUT2D eigenvalue weighted by molar-refractivity contribution is 5.99. The molecule has 24 heteroatoms. The maximum atomic E-state index is 14.7. The van der Waals surface area contributed by atoms with E-state index >= 15 is 0 Å². The van der Waals surface area contributed by atoms with Gasteiger partial charge in [0.25, 0.3) is 0 Å². The van der Waals surface area contributed by atoms with Gasteiger partial charge in [0, 0.05) is 75.3 Å². The van der Waals surface area contributed by atoms with Crippen LogP contribution in [0.25, 0.3) is 10.9 Å². The molecule has 1 aliphatic heterocycles. The van der Waals surface area contributed by atoms with Crippen molar-refractivity contribution in [2.45, 2.75) is 133 Å². The second kappa shape index (κ2) is 28.8. The lowest BCUT2D eigenvalue weighted by atomic mass is 10.0. The van der Waals surface area contributed by atoms with Crippen molar-refractivity contribution >= 4 is 70.0 Å². The van der Waals surface area contributed by atoms with E-state index < -0.39 is 102 Å². The van der Waals surface area contributed by atoms with Crippen molar-refractivity contribution in [1.29, 1.82) is 0 Å². The number of aliphatic imine (C=N–C) groups is 1. The molecular formula is C51H71N15O9. The van der Waals surface area contributed by atoms with Gasteiger partial charge in [-0.05, 0) is 55.7 Å². The summed E-state index contributed by atoms with van der Waals surface area (Å²) < 4.78 is 0. The quantitative estimate of drug-likeness (QED) is 0.0348. The molecule has 15 N–H and O–H groups in total. The number of imidazole rings is 1. The lowest BCUT2D eigenvalue weighted by molar-refractivity contribution is -0.138. The van der Waals surface area contributed by atoms with Gasteiger partial charge >= 0.3 is 0 Å². The lowest BCUT2D eigenvalue weighted by Crippen LogP contribution is -2.61. The number of nitrogens with one attached hydrogen (secondary N) is 9. The number of unbranched alkanes of at least 4 members (excludes halogenated alkanes) is 1. The predicted octanol–water partition coefficient (Wildman–Crippen LogP) is -0.906. The van der Waals surface area contributed by atoms with Crippen LogP contribution in [0.4, 0.5) is 0 Å². The Morgan fingerprint density at radius 1 is 0.773 bits per heavy atom. The fourth-order valence-corrected chi connectivity index (χ4v) is 8.59. The zero-order valence-electron chi connectivity index (χ0n) is 42.6. The van der Waals surface area contributed by atoms with Crippen molar-refractivity contribution < 1.29 is 43.2 Å². The average Bonchev–Trinajstić information content (AvgIpc) is 4.05. The van der Waals surface area contributed by atoms with Crippen LogP contribution >= 0.6 is 0 Å². The fourth-order valence-electron chi connectivity index (χ4n) is 8.59. The summed E-state index contributed by atoms with van der Waals surface area (Å²) in [6.45, 7) is 3.33. The fraction of sp³-hybridized carbons (Fsp3) is 0.471. The minimum absolute atomic E-state index is 0.0469. The minimum Gasteiger partial charge on any atom is -0.370 e. The third-order valence-electron chi connectivity index (χ3n) is 12.7. The third-order valence-corrected chi connectivity index (χ3v) is 12.7. The van der Waals surface area contributed by atoms with Gasteiger partial charge in [0.2, 0.25) is 53.2 Å². The number of H-pyrrole nitrogens is 2. The molecule has 5 rings (SSSR count). The number of amides is 9. The number of aromatic amines is 2. The van der Waals surface area contributed by atoms with Crippen LogP contribution in [0.2, 0.25) is 0 Å². The minimum atomic E-state index is -1.57. The molecule has 4 aromatic rings. The van der Waals surface area contributed by atoms with Crippen LogP contribution in [-0.4, -0.2) is 141 Å². The molecule has 7 atom stereocenters. The zero-order chi connectivity index (χ0) is 54.4. The molecule has 24 nitrogen and oxygen atoms in total. The number of hydrogen-bond donors (Lipinski definition) is 12. The Kier molecular flexibility index (Phi) is 22.1. The molecule has 0 aliphatic carbocycles. The van der Waals surface area contributed by atoms with Crippen LogP contribution in [0, 0.1) is 0 Å². The molecule has 0 saturated carbocycles. The van der Waals surface area contributed by atoms with Crippen molar-refractivity contribution in [3.63, 3.8) is 0 Å². The Labute approximate surface area is 434 Å². The van der Waals surface area contributed by atoms with Gasteiger partial charge in [0.1, 0.15) is 42.3 Å². The number of carbonyl (C=O) groups excluding carboxylic acids is 9. The van der Waals surface area contributed by atoms with E-state index in [0.29, 0.717) is 36.1 Å². The number of nitrogens with zero attached hydrogens (tertiary/aromatic N) is 3. The molecule has 2 aromatic heterocycles. The lowest BCUT2D eigenvalue weighted by Gasteiger charge is -2.28. The van der Waals surface area contributed by atoms with Gasteiger partial charge in [-0.3, -0.25) is 48.1 Å². The van der Waals surface area contributed by atoms with Crippen LogP contribution < -0.4 is 54.4 Å². The number of benzene rings is 2. The average molecular weight is 1040 g/mol. The van der Waals surface area contributed by atoms with Crippen LogP contribution in [0.5, 0.6) is 0 Å². The van der Waals surface area contributed by atoms with Gasteiger partial charge < -0.3 is 69.3 Å². The van der Waals surface area contributed by atoms with E-state index in [2.05, 4.69) is 57.2 Å². The molecule has 404 valence electrons. The highest BCUT2D eigenvalue weighted by Gasteiger charge is 2.36. The number of nitrogens with two attached hydrogens (primary N) is 3. The summed E-state index contributed by atoms with van der Waals surface area (Å²) in [7, 11) is 1.49. The van der Waals surface area contributed by atoms with E-state index in [4.69, 9.17) is 17.2 Å². The van der Waals surface area contributed by atoms with Crippen molar-refractivity contribution in [3.05, 3.63) is 90.1 Å². The number of fused-ring (bicyclic) bond motifs is 1. The molecule has 1 saturated heterocycles. The SMILES string of the molecule is CCCC[C@H](NC(C)=O)C(=O)N[C@H]1CC(=O)N(C)CCCC[C@@H](C(N)=O)NC(=O)[C@H](Cc2c[nH]c3ccccc23)NC(=O)[C@H](CCCN=C(N)N)NC(=O)[C@@H](Cc2ccccc2)NC(=O)[C@H](Cc2cnc[nH]2)NC1=O. The van der Waals surface area contributed by atoms with Gasteiger partial charge in [0.15, 0.2) is 5.96 Å². The topological polar surface area (TPSA) is 376 Å². The van der Waals surface area contributed by atoms with Crippen LogP contribution in [0.1, 0.15) is 88.5 Å². The number of carbonyl (C=O) groups is 9. The van der Waals surface area contributed by atoms with Crippen molar-refractivity contribution in [2.24, 2.45) is 22.2 Å². The van der Waals surface area contributed by atoms with Gasteiger partial charge in [-0.2, -0.15) is 0 Å². The number of para-hydroxylation sites is 1. The first-order valence-electron chi connectivity index (χ1n) is 25.2. The Morgan fingerprint density at radius 3 is 2.08 bits per heavy atom. The van der Waals surface area contributed by atoms with Gasteiger partial charge in [0.05, 0.1) is 12.7 Å². The summed E-state index contributed by atoms with van der Waals surface area (Å²) in [6, 6.07) is 6.70. The molecule has 1 fully saturated rings. The molecule has 2 aromatic carbocycles. The number of guanidine groups is 1. The van der Waals surface area contributed by atoms with Gasteiger partial charge in [-0.1, -0.05) is 68.3 Å². The van der Waals surface area contributed by atoms with Crippen LogP contribution in [-0.2, 0) is 62.4 Å². The maximum Gasteiger partial charge on any atom is 0.243 e. The summed E-state index contributed by atoms with van der Waals surface area (Å²) in [5.74, 6) is -6.97. The summed E-state index contributed by atoms with van der Waals surface area (Å²) in [6.07, 6.45) is 5.81. The highest BCUT2D eigenvalue weighted by atomic mass is 16.2. The summed E-state index contributed by atoms with van der Waals surface area (Å²) >= 11 is 0. The third kappa shape index (κ3) is 18.3. The van der Waals surface area contributed by atoms with E-state index in [9.17, 15) is 43.2 Å². The standard InChI is InChI=1S/C51H71N15O9/c1-4-5-17-37(59-30(2)67)45(70)65-42-26-43(68)66(3)22-12-11-19-36(44(52)69)60-48(73)40(24-32-27-57-35-18-10-9-16-34(32)35)63-46(71)38(20-13-21-56-51(53)54)61-47(72)39(23-31-14-7-6-8-15-31)62-49(74)41(64-50(42)75)25-33-28-55-29-58-33/h6-10,14-16,18,27-29,36-42,57H,4-5,11-13,17,19-26H2,1-3H3,(H2,52,69)(H,55,58)(H,59,67)(H,60,73)(H,61,72)(H,62,74)(H,63,71)(H,64,75)(H,65,70)(H4,53,54,56)/t36-,37-,38-,39+,40-,41-,42-/m0/s1. The Bertz CT molecular complexity index is 2620. The number of rotatable bonds is 17. The molecule has 1 aliphatic rings. The van der Waals surface area contributed by atoms with E-state index in [1.165, 1.54) is 31.4 Å². The van der Waals surface area contributed by atoms with E-state index in [1.807, 2.05) is 31.2 Å². The monoisotopic (exact) mass is 1040 g/mol. The first-order valence-corrected chi connectivity index (χ1v) is 25.2. The second-order valence-corrected chi connectivity index (χ2v) is 18.7. The predicted molar refractivity (Wildman–Crippen MR) is 278 cm³/mol. The van der Waals surface area contributed by atoms with Crippen LogP contribution in [0.15, 0.2) is 78.3 Å². The Hall–Kier alpha value is -8.31. The molecular weight excluding hydrogens is 967 g/mol. The Morgan fingerprint density at radius 2 is 1.41 bits per heavy atom. The van der Waals surface area contributed by atoms with E-state index in [1.54, 1.807) is 36.5 Å². The zero-order valence-corrected chi connectivity index (χ0v) is 42.6. The molecule has 75 heavy (non-hydrogen) atoms. The molecule has 0 bridgehead atoms. The van der Waals surface area contributed by atoms with Crippen molar-refractivity contribution in [3.8, 4) is 0 Å². The summed E-state index contributed by atoms with van der Waals surface area (Å²) in [4.78, 5) is 141. The molecule has 9 amide bonds. The number of primary amides is 1. The van der Waals surface area contributed by atoms with E-state index in [0.717, 1.165) is 10.9 Å². The van der Waals surface area contributed by atoms with Crippen molar-refractivity contribution in [2.75, 3.05) is 20.1 Å². The van der Waals surface area contributed by atoms with E-state index in [-0.39, 0.29) is 70.4 Å². The smallest absolute Gasteiger partial charge is 0.243 e.